The molecule has 2 amide bonds. The summed E-state index contributed by atoms with van der Waals surface area (Å²) in [7, 11) is 1.85. The van der Waals surface area contributed by atoms with Gasteiger partial charge in [0.05, 0.1) is 12.2 Å². The van der Waals surface area contributed by atoms with Gasteiger partial charge in [0.25, 0.3) is 0 Å². The smallest absolute Gasteiger partial charge is 0.226 e. The molecular formula is C23H27N3O2. The molecule has 0 N–H and O–H groups in total. The number of aromatic nitrogens is 1. The van der Waals surface area contributed by atoms with Gasteiger partial charge in [-0.1, -0.05) is 36.4 Å². The molecule has 1 aliphatic heterocycles. The molecule has 2 atom stereocenters. The van der Waals surface area contributed by atoms with Crippen molar-refractivity contribution in [2.75, 3.05) is 20.1 Å². The van der Waals surface area contributed by atoms with E-state index in [9.17, 15) is 9.59 Å². The van der Waals surface area contributed by atoms with Gasteiger partial charge in [0.15, 0.2) is 0 Å². The monoisotopic (exact) mass is 377 g/mol. The first-order valence-electron chi connectivity index (χ1n) is 10.0. The molecule has 0 radical (unpaired) electrons. The first-order valence-corrected chi connectivity index (χ1v) is 10.0. The Balaban J connectivity index is 1.28. The lowest BCUT2D eigenvalue weighted by Gasteiger charge is -2.19. The third kappa shape index (κ3) is 3.93. The Hall–Kier alpha value is -2.69. The maximum absolute atomic E-state index is 12.9. The Bertz CT molecular complexity index is 839. The Morgan fingerprint density at radius 3 is 2.71 bits per heavy atom. The molecule has 1 saturated heterocycles. The molecule has 1 aliphatic carbocycles. The van der Waals surface area contributed by atoms with Crippen molar-refractivity contribution in [2.24, 2.45) is 11.3 Å². The predicted octanol–water partition coefficient (Wildman–Crippen LogP) is 2.91. The average molecular weight is 377 g/mol. The molecule has 2 aliphatic rings. The van der Waals surface area contributed by atoms with Crippen molar-refractivity contribution in [3.05, 3.63) is 66.0 Å². The minimum Gasteiger partial charge on any atom is -0.342 e. The van der Waals surface area contributed by atoms with Crippen LogP contribution in [-0.4, -0.2) is 46.7 Å². The summed E-state index contributed by atoms with van der Waals surface area (Å²) >= 11 is 0. The van der Waals surface area contributed by atoms with Crippen LogP contribution < -0.4 is 0 Å². The van der Waals surface area contributed by atoms with Crippen LogP contribution in [0.2, 0.25) is 0 Å². The summed E-state index contributed by atoms with van der Waals surface area (Å²) in [6.45, 7) is 2.04. The van der Waals surface area contributed by atoms with E-state index >= 15 is 0 Å². The molecule has 1 aromatic carbocycles. The van der Waals surface area contributed by atoms with E-state index in [0.29, 0.717) is 13.0 Å². The van der Waals surface area contributed by atoms with Gasteiger partial charge in [-0.3, -0.25) is 14.6 Å². The topological polar surface area (TPSA) is 53.5 Å². The fraction of sp³-hybridized carbons (Fsp3) is 0.435. The van der Waals surface area contributed by atoms with Crippen molar-refractivity contribution < 1.29 is 9.59 Å². The molecule has 28 heavy (non-hydrogen) atoms. The van der Waals surface area contributed by atoms with Gasteiger partial charge < -0.3 is 9.80 Å². The lowest BCUT2D eigenvalue weighted by molar-refractivity contribution is -0.133. The van der Waals surface area contributed by atoms with Crippen LogP contribution in [0.15, 0.2) is 54.7 Å². The molecule has 1 aromatic heterocycles. The standard InChI is InChI=1S/C23H27N3O2/c1-25(16-19-9-5-6-13-24-19)22(28)20-15-23(20)12-14-26(17-23)21(27)11-10-18-7-3-2-4-8-18/h2-9,13,20H,10-12,14-17H2,1H3/t20-,23+/m0/s1. The molecule has 5 heteroatoms. The quantitative estimate of drug-likeness (QED) is 0.778. The average Bonchev–Trinajstić information content (AvgIpc) is 3.26. The van der Waals surface area contributed by atoms with Crippen LogP contribution in [0.4, 0.5) is 0 Å². The van der Waals surface area contributed by atoms with Crippen LogP contribution in [0.1, 0.15) is 30.5 Å². The first kappa shape index (κ1) is 18.7. The minimum absolute atomic E-state index is 0.0118. The molecule has 0 bridgehead atoms. The third-order valence-electron chi connectivity index (χ3n) is 6.20. The molecule has 0 unspecified atom stereocenters. The van der Waals surface area contributed by atoms with E-state index in [0.717, 1.165) is 38.0 Å². The Labute approximate surface area is 166 Å². The van der Waals surface area contributed by atoms with E-state index in [-0.39, 0.29) is 23.1 Å². The maximum atomic E-state index is 12.9. The Kier molecular flexibility index (Phi) is 5.16. The second-order valence-corrected chi connectivity index (χ2v) is 8.19. The lowest BCUT2D eigenvalue weighted by atomic mass is 10.0. The lowest BCUT2D eigenvalue weighted by Crippen LogP contribution is -2.32. The number of carbonyl (C=O) groups excluding carboxylic acids is 2. The van der Waals surface area contributed by atoms with E-state index in [2.05, 4.69) is 17.1 Å². The van der Waals surface area contributed by atoms with Crippen molar-refractivity contribution >= 4 is 11.8 Å². The van der Waals surface area contributed by atoms with Gasteiger partial charge in [-0.2, -0.15) is 0 Å². The molecule has 146 valence electrons. The van der Waals surface area contributed by atoms with Gasteiger partial charge in [-0.05, 0) is 37.0 Å². The first-order chi connectivity index (χ1) is 13.6. The summed E-state index contributed by atoms with van der Waals surface area (Å²) in [6, 6.07) is 15.9. The van der Waals surface area contributed by atoms with Gasteiger partial charge in [-0.25, -0.2) is 0 Å². The zero-order chi connectivity index (χ0) is 19.6. The summed E-state index contributed by atoms with van der Waals surface area (Å²) in [4.78, 5) is 33.5. The van der Waals surface area contributed by atoms with Crippen molar-refractivity contribution in [3.8, 4) is 0 Å². The van der Waals surface area contributed by atoms with E-state index in [1.807, 2.05) is 48.3 Å². The number of nitrogens with zero attached hydrogens (tertiary/aromatic N) is 3. The van der Waals surface area contributed by atoms with E-state index < -0.39 is 0 Å². The van der Waals surface area contributed by atoms with E-state index in [1.54, 1.807) is 11.1 Å². The summed E-state index contributed by atoms with van der Waals surface area (Å²) < 4.78 is 0. The number of carbonyl (C=O) groups is 2. The minimum atomic E-state index is 0.0118. The third-order valence-corrected chi connectivity index (χ3v) is 6.20. The molecule has 2 fully saturated rings. The number of benzene rings is 1. The number of amides is 2. The summed E-state index contributed by atoms with van der Waals surface area (Å²) in [5.74, 6) is 0.443. The van der Waals surface area contributed by atoms with Crippen LogP contribution in [0.5, 0.6) is 0 Å². The van der Waals surface area contributed by atoms with Gasteiger partial charge in [0.2, 0.25) is 11.8 Å². The van der Waals surface area contributed by atoms with Crippen LogP contribution in [0.3, 0.4) is 0 Å². The molecule has 1 spiro atoms. The highest BCUT2D eigenvalue weighted by atomic mass is 16.2. The molecule has 1 saturated carbocycles. The normalized spacial score (nSPS) is 23.0. The summed E-state index contributed by atoms with van der Waals surface area (Å²) in [5, 5.41) is 0. The Morgan fingerprint density at radius 2 is 1.96 bits per heavy atom. The number of likely N-dealkylation sites (tertiary alicyclic amines) is 1. The van der Waals surface area contributed by atoms with E-state index in [1.165, 1.54) is 5.56 Å². The SMILES string of the molecule is CN(Cc1ccccn1)C(=O)[C@@H]1C[C@@]12CCN(C(=O)CCc1ccccc1)C2. The van der Waals surface area contributed by atoms with Gasteiger partial charge in [0.1, 0.15) is 0 Å². The highest BCUT2D eigenvalue weighted by molar-refractivity contribution is 5.83. The molecular weight excluding hydrogens is 350 g/mol. The Morgan fingerprint density at radius 1 is 1.18 bits per heavy atom. The molecule has 4 rings (SSSR count). The van der Waals surface area contributed by atoms with Crippen LogP contribution in [-0.2, 0) is 22.6 Å². The number of rotatable bonds is 6. The zero-order valence-corrected chi connectivity index (χ0v) is 16.4. The van der Waals surface area contributed by atoms with Crippen LogP contribution in [0.25, 0.3) is 0 Å². The summed E-state index contributed by atoms with van der Waals surface area (Å²) in [6.07, 6.45) is 4.91. The number of hydrogen-bond donors (Lipinski definition) is 0. The molecule has 2 heterocycles. The van der Waals surface area contributed by atoms with Crippen LogP contribution >= 0.6 is 0 Å². The maximum Gasteiger partial charge on any atom is 0.226 e. The predicted molar refractivity (Wildman–Crippen MR) is 107 cm³/mol. The van der Waals surface area contributed by atoms with Gasteiger partial charge >= 0.3 is 0 Å². The van der Waals surface area contributed by atoms with Crippen molar-refractivity contribution in [1.82, 2.24) is 14.8 Å². The second-order valence-electron chi connectivity index (χ2n) is 8.19. The highest BCUT2D eigenvalue weighted by Crippen LogP contribution is 2.59. The second kappa shape index (κ2) is 7.74. The largest absolute Gasteiger partial charge is 0.342 e. The number of pyridine rings is 1. The van der Waals surface area contributed by atoms with Gasteiger partial charge in [0, 0.05) is 44.1 Å². The van der Waals surface area contributed by atoms with Gasteiger partial charge in [-0.15, -0.1) is 0 Å². The van der Waals surface area contributed by atoms with Crippen LogP contribution in [0, 0.1) is 11.3 Å². The molecule has 5 nitrogen and oxygen atoms in total. The number of hydrogen-bond acceptors (Lipinski definition) is 3. The van der Waals surface area contributed by atoms with Crippen molar-refractivity contribution in [1.29, 1.82) is 0 Å². The van der Waals surface area contributed by atoms with Crippen molar-refractivity contribution in [3.63, 3.8) is 0 Å². The fourth-order valence-corrected chi connectivity index (χ4v) is 4.39. The molecule has 2 aromatic rings. The zero-order valence-electron chi connectivity index (χ0n) is 16.4. The summed E-state index contributed by atoms with van der Waals surface area (Å²) in [5.41, 5.74) is 2.11. The highest BCUT2D eigenvalue weighted by Gasteiger charge is 2.61. The van der Waals surface area contributed by atoms with Crippen molar-refractivity contribution in [2.45, 2.75) is 32.2 Å². The fourth-order valence-electron chi connectivity index (χ4n) is 4.39. The van der Waals surface area contributed by atoms with E-state index in [4.69, 9.17) is 0 Å². The number of aryl methyl sites for hydroxylation is 1.